The zero-order chi connectivity index (χ0) is 22.8. The van der Waals surface area contributed by atoms with Gasteiger partial charge in [0, 0.05) is 17.8 Å². The van der Waals surface area contributed by atoms with Gasteiger partial charge in [0.25, 0.3) is 5.56 Å². The van der Waals surface area contributed by atoms with Crippen LogP contribution in [0.3, 0.4) is 0 Å². The third-order valence-corrected chi connectivity index (χ3v) is 7.07. The Morgan fingerprint density at radius 3 is 2.44 bits per heavy atom. The summed E-state index contributed by atoms with van der Waals surface area (Å²) in [5, 5.41) is 3.51. The maximum absolute atomic E-state index is 13.1. The topological polar surface area (TPSA) is 76.9 Å². The van der Waals surface area contributed by atoms with Crippen LogP contribution < -0.4 is 10.9 Å². The van der Waals surface area contributed by atoms with Crippen molar-refractivity contribution in [2.75, 3.05) is 11.1 Å². The third-order valence-electron chi connectivity index (χ3n) is 5.26. The standard InChI is InChI=1S/C24H24N4O2S2/c1-5-28-23(30)22-21(20(27-32-22)17-11-9-14(2)10-12-17)26-24(28)31-13-18(29)25-19-15(3)7-6-8-16(19)4/h6-12H,5,13H2,1-4H3,(H,25,29). The Labute approximate surface area is 194 Å². The molecule has 1 amide bonds. The summed E-state index contributed by atoms with van der Waals surface area (Å²) >= 11 is 2.44. The zero-order valence-electron chi connectivity index (χ0n) is 18.4. The van der Waals surface area contributed by atoms with Crippen LogP contribution in [-0.4, -0.2) is 25.6 Å². The van der Waals surface area contributed by atoms with E-state index in [1.54, 1.807) is 4.57 Å². The van der Waals surface area contributed by atoms with Gasteiger partial charge in [-0.1, -0.05) is 59.8 Å². The zero-order valence-corrected chi connectivity index (χ0v) is 20.1. The van der Waals surface area contributed by atoms with E-state index in [2.05, 4.69) is 9.69 Å². The first-order valence-corrected chi connectivity index (χ1v) is 12.1. The van der Waals surface area contributed by atoms with Crippen molar-refractivity contribution in [2.24, 2.45) is 0 Å². The van der Waals surface area contributed by atoms with Crippen LogP contribution in [0.15, 0.2) is 52.4 Å². The molecule has 0 saturated carbocycles. The second-order valence-corrected chi connectivity index (χ2v) is 9.34. The number of para-hydroxylation sites is 1. The predicted octanol–water partition coefficient (Wildman–Crippen LogP) is 5.20. The number of nitrogens with one attached hydrogen (secondary N) is 1. The number of rotatable bonds is 6. The first kappa shape index (κ1) is 22.2. The fourth-order valence-corrected chi connectivity index (χ4v) is 5.15. The molecule has 8 heteroatoms. The molecule has 1 N–H and O–H groups in total. The number of hydrogen-bond donors (Lipinski definition) is 1. The van der Waals surface area contributed by atoms with Gasteiger partial charge < -0.3 is 5.32 Å². The fourth-order valence-electron chi connectivity index (χ4n) is 3.50. The number of fused-ring (bicyclic) bond motifs is 1. The summed E-state index contributed by atoms with van der Waals surface area (Å²) in [6.07, 6.45) is 0. The number of carbonyl (C=O) groups is 1. The van der Waals surface area contributed by atoms with Crippen LogP contribution in [0.25, 0.3) is 21.5 Å². The molecular formula is C24H24N4O2S2. The van der Waals surface area contributed by atoms with Gasteiger partial charge in [-0.3, -0.25) is 14.2 Å². The van der Waals surface area contributed by atoms with E-state index in [1.807, 2.05) is 70.2 Å². The van der Waals surface area contributed by atoms with Crippen LogP contribution in [0.1, 0.15) is 23.6 Å². The van der Waals surface area contributed by atoms with E-state index in [0.717, 1.165) is 27.9 Å². The molecule has 0 saturated heterocycles. The Kier molecular flexibility index (Phi) is 6.43. The minimum absolute atomic E-state index is 0.119. The molecule has 0 atom stereocenters. The van der Waals surface area contributed by atoms with Gasteiger partial charge in [0.1, 0.15) is 15.9 Å². The molecule has 2 aromatic carbocycles. The summed E-state index contributed by atoms with van der Waals surface area (Å²) in [7, 11) is 0. The van der Waals surface area contributed by atoms with E-state index in [-0.39, 0.29) is 17.2 Å². The van der Waals surface area contributed by atoms with E-state index in [4.69, 9.17) is 4.98 Å². The maximum atomic E-state index is 13.1. The Hall–Kier alpha value is -2.97. The third kappa shape index (κ3) is 4.33. The number of benzene rings is 2. The first-order valence-electron chi connectivity index (χ1n) is 10.3. The molecule has 2 heterocycles. The van der Waals surface area contributed by atoms with Crippen LogP contribution in [-0.2, 0) is 11.3 Å². The molecule has 0 aliphatic heterocycles. The summed E-state index contributed by atoms with van der Waals surface area (Å²) in [6, 6.07) is 13.9. The number of amides is 1. The monoisotopic (exact) mass is 464 g/mol. The minimum Gasteiger partial charge on any atom is -0.325 e. The highest BCUT2D eigenvalue weighted by Crippen LogP contribution is 2.30. The lowest BCUT2D eigenvalue weighted by molar-refractivity contribution is -0.113. The van der Waals surface area contributed by atoms with Gasteiger partial charge in [0.2, 0.25) is 5.91 Å². The average Bonchev–Trinajstić information content (AvgIpc) is 3.20. The van der Waals surface area contributed by atoms with E-state index in [9.17, 15) is 9.59 Å². The van der Waals surface area contributed by atoms with Gasteiger partial charge in [-0.2, -0.15) is 4.37 Å². The number of carbonyl (C=O) groups excluding carboxylic acids is 1. The van der Waals surface area contributed by atoms with Gasteiger partial charge in [0.05, 0.1) is 5.75 Å². The van der Waals surface area contributed by atoms with Gasteiger partial charge >= 0.3 is 0 Å². The average molecular weight is 465 g/mol. The van der Waals surface area contributed by atoms with Crippen molar-refractivity contribution in [3.63, 3.8) is 0 Å². The van der Waals surface area contributed by atoms with Crippen molar-refractivity contribution >= 4 is 45.1 Å². The van der Waals surface area contributed by atoms with Gasteiger partial charge in [-0.15, -0.1) is 0 Å². The van der Waals surface area contributed by atoms with Crippen LogP contribution in [0.4, 0.5) is 5.69 Å². The highest BCUT2D eigenvalue weighted by molar-refractivity contribution is 7.99. The molecule has 0 bridgehead atoms. The van der Waals surface area contributed by atoms with E-state index in [1.165, 1.54) is 23.3 Å². The smallest absolute Gasteiger partial charge is 0.273 e. The molecule has 32 heavy (non-hydrogen) atoms. The SMILES string of the molecule is CCn1c(SCC(=O)Nc2c(C)cccc2C)nc2c(-c3ccc(C)cc3)nsc2c1=O. The number of aryl methyl sites for hydroxylation is 3. The quantitative estimate of drug-likeness (QED) is 0.314. The van der Waals surface area contributed by atoms with Crippen molar-refractivity contribution in [2.45, 2.75) is 39.4 Å². The van der Waals surface area contributed by atoms with Gasteiger partial charge in [0.15, 0.2) is 5.16 Å². The Bertz CT molecular complexity index is 1340. The first-order chi connectivity index (χ1) is 15.4. The highest BCUT2D eigenvalue weighted by Gasteiger charge is 2.19. The Morgan fingerprint density at radius 2 is 1.78 bits per heavy atom. The molecule has 6 nitrogen and oxygen atoms in total. The highest BCUT2D eigenvalue weighted by atomic mass is 32.2. The number of hydrogen-bond acceptors (Lipinski definition) is 6. The summed E-state index contributed by atoms with van der Waals surface area (Å²) < 4.78 is 6.66. The molecule has 0 aliphatic rings. The lowest BCUT2D eigenvalue weighted by Crippen LogP contribution is -2.23. The normalized spacial score (nSPS) is 11.1. The number of anilines is 1. The molecule has 2 aromatic heterocycles. The predicted molar refractivity (Wildman–Crippen MR) is 133 cm³/mol. The molecule has 4 aromatic rings. The Balaban J connectivity index is 1.64. The van der Waals surface area contributed by atoms with E-state index < -0.39 is 0 Å². The molecule has 4 rings (SSSR count). The van der Waals surface area contributed by atoms with Crippen LogP contribution in [0.2, 0.25) is 0 Å². The van der Waals surface area contributed by atoms with Crippen molar-refractivity contribution < 1.29 is 4.79 Å². The molecule has 0 unspecified atom stereocenters. The van der Waals surface area contributed by atoms with Crippen LogP contribution in [0, 0.1) is 20.8 Å². The second-order valence-electron chi connectivity index (χ2n) is 7.62. The van der Waals surface area contributed by atoms with Crippen molar-refractivity contribution in [3.8, 4) is 11.3 Å². The summed E-state index contributed by atoms with van der Waals surface area (Å²) in [5.74, 6) is 0.0231. The number of aromatic nitrogens is 3. The molecule has 164 valence electrons. The lowest BCUT2D eigenvalue weighted by Gasteiger charge is -2.12. The molecule has 0 spiro atoms. The van der Waals surface area contributed by atoms with Crippen molar-refractivity contribution in [3.05, 3.63) is 69.5 Å². The summed E-state index contributed by atoms with van der Waals surface area (Å²) in [4.78, 5) is 30.5. The molecular weight excluding hydrogens is 440 g/mol. The molecule has 0 fully saturated rings. The van der Waals surface area contributed by atoms with Crippen LogP contribution in [0.5, 0.6) is 0 Å². The number of thioether (sulfide) groups is 1. The number of nitrogens with zero attached hydrogens (tertiary/aromatic N) is 3. The van der Waals surface area contributed by atoms with E-state index >= 15 is 0 Å². The lowest BCUT2D eigenvalue weighted by atomic mass is 10.1. The Morgan fingerprint density at radius 1 is 1.09 bits per heavy atom. The fraction of sp³-hybridized carbons (Fsp3) is 0.250. The van der Waals surface area contributed by atoms with Gasteiger partial charge in [-0.25, -0.2) is 4.98 Å². The summed E-state index contributed by atoms with van der Waals surface area (Å²) in [5.41, 5.74) is 6.11. The van der Waals surface area contributed by atoms with Gasteiger partial charge in [-0.05, 0) is 50.4 Å². The van der Waals surface area contributed by atoms with Crippen molar-refractivity contribution in [1.29, 1.82) is 0 Å². The second kappa shape index (κ2) is 9.26. The van der Waals surface area contributed by atoms with Crippen LogP contribution >= 0.6 is 23.3 Å². The maximum Gasteiger partial charge on any atom is 0.273 e. The largest absolute Gasteiger partial charge is 0.325 e. The van der Waals surface area contributed by atoms with Crippen molar-refractivity contribution in [1.82, 2.24) is 13.9 Å². The minimum atomic E-state index is -0.133. The molecule has 0 radical (unpaired) electrons. The van der Waals surface area contributed by atoms with E-state index in [0.29, 0.717) is 27.6 Å². The summed E-state index contributed by atoms with van der Waals surface area (Å²) in [6.45, 7) is 8.34. The molecule has 0 aliphatic carbocycles.